The number of hydrogen-bond donors (Lipinski definition) is 2. The van der Waals surface area contributed by atoms with E-state index in [-0.39, 0.29) is 39.7 Å². The fraction of sp³-hybridized carbons (Fsp3) is 0.353. The quantitative estimate of drug-likeness (QED) is 0.619. The van der Waals surface area contributed by atoms with Crippen molar-refractivity contribution < 1.29 is 27.5 Å². The molecule has 0 fully saturated rings. The van der Waals surface area contributed by atoms with Gasteiger partial charge in [-0.3, -0.25) is 10.1 Å². The molecule has 0 saturated heterocycles. The largest absolute Gasteiger partial charge is 0.495 e. The summed E-state index contributed by atoms with van der Waals surface area (Å²) < 4.78 is 37.4. The Morgan fingerprint density at radius 2 is 2.00 bits per heavy atom. The van der Waals surface area contributed by atoms with Crippen molar-refractivity contribution in [3.05, 3.63) is 34.8 Å². The zero-order valence-corrected chi connectivity index (χ0v) is 17.4. The minimum absolute atomic E-state index is 0.0845. The van der Waals surface area contributed by atoms with Crippen LogP contribution in [0.25, 0.3) is 0 Å². The van der Waals surface area contributed by atoms with E-state index in [9.17, 15) is 18.0 Å². The summed E-state index contributed by atoms with van der Waals surface area (Å²) in [5.41, 5.74) is 0.180. The maximum Gasteiger partial charge on any atom is 0.357 e. The monoisotopic (exact) mass is 427 g/mol. The van der Waals surface area contributed by atoms with Crippen LogP contribution in [0.15, 0.2) is 28.5 Å². The van der Waals surface area contributed by atoms with E-state index in [1.165, 1.54) is 30.7 Å². The number of methoxy groups -OCH3 is 1. The molecule has 0 aliphatic carbocycles. The second-order valence-corrected chi connectivity index (χ2v) is 8.39. The lowest BCUT2D eigenvalue weighted by atomic mass is 10.2. The minimum Gasteiger partial charge on any atom is -0.495 e. The first kappa shape index (κ1) is 21.8. The van der Waals surface area contributed by atoms with Crippen LogP contribution in [0.5, 0.6) is 5.75 Å². The van der Waals surface area contributed by atoms with Crippen molar-refractivity contribution in [2.75, 3.05) is 19.0 Å². The molecule has 2 N–H and O–H groups in total. The molecular weight excluding hydrogens is 406 g/mol. The van der Waals surface area contributed by atoms with E-state index in [0.29, 0.717) is 0 Å². The van der Waals surface area contributed by atoms with Crippen molar-refractivity contribution in [2.45, 2.75) is 31.7 Å². The summed E-state index contributed by atoms with van der Waals surface area (Å²) in [6.07, 6.45) is 0. The summed E-state index contributed by atoms with van der Waals surface area (Å²) in [7, 11) is -2.53. The molecule has 0 atom stereocenters. The highest BCUT2D eigenvalue weighted by molar-refractivity contribution is 7.89. The van der Waals surface area contributed by atoms with Gasteiger partial charge in [0.15, 0.2) is 10.8 Å². The van der Waals surface area contributed by atoms with Crippen molar-refractivity contribution in [2.24, 2.45) is 0 Å². The molecule has 2 aromatic rings. The highest BCUT2D eigenvalue weighted by Gasteiger charge is 2.23. The van der Waals surface area contributed by atoms with Gasteiger partial charge in [0.25, 0.3) is 5.91 Å². The van der Waals surface area contributed by atoms with Crippen LogP contribution in [-0.2, 0) is 14.8 Å². The molecule has 1 heterocycles. The van der Waals surface area contributed by atoms with Crippen LogP contribution in [0.4, 0.5) is 5.13 Å². The average Bonchev–Trinajstić information content (AvgIpc) is 3.09. The van der Waals surface area contributed by atoms with Gasteiger partial charge < -0.3 is 9.47 Å². The Labute approximate surface area is 167 Å². The summed E-state index contributed by atoms with van der Waals surface area (Å²) in [6, 6.07) is 3.72. The third kappa shape index (κ3) is 5.27. The van der Waals surface area contributed by atoms with Crippen molar-refractivity contribution in [3.8, 4) is 5.75 Å². The molecule has 28 heavy (non-hydrogen) atoms. The van der Waals surface area contributed by atoms with Crippen molar-refractivity contribution >= 4 is 38.4 Å². The number of rotatable bonds is 8. The molecule has 9 nitrogen and oxygen atoms in total. The highest BCUT2D eigenvalue weighted by Crippen LogP contribution is 2.26. The zero-order valence-electron chi connectivity index (χ0n) is 15.8. The van der Waals surface area contributed by atoms with Crippen molar-refractivity contribution in [1.29, 1.82) is 0 Å². The fourth-order valence-electron chi connectivity index (χ4n) is 2.20. The second kappa shape index (κ2) is 9.13. The van der Waals surface area contributed by atoms with E-state index in [1.54, 1.807) is 20.8 Å². The second-order valence-electron chi connectivity index (χ2n) is 5.85. The number of esters is 1. The number of benzene rings is 1. The summed E-state index contributed by atoms with van der Waals surface area (Å²) in [4.78, 5) is 28.0. The zero-order chi connectivity index (χ0) is 20.9. The van der Waals surface area contributed by atoms with E-state index in [0.717, 1.165) is 11.3 Å². The molecule has 1 aromatic carbocycles. The molecule has 1 amide bonds. The number of nitrogens with zero attached hydrogens (tertiary/aromatic N) is 1. The summed E-state index contributed by atoms with van der Waals surface area (Å²) in [5.74, 6) is -1.05. The number of ether oxygens (including phenoxy) is 2. The number of amides is 1. The minimum atomic E-state index is -3.87. The number of carbonyl (C=O) groups excluding carboxylic acids is 2. The summed E-state index contributed by atoms with van der Waals surface area (Å²) in [6.45, 7) is 5.26. The predicted molar refractivity (Wildman–Crippen MR) is 104 cm³/mol. The molecule has 152 valence electrons. The number of nitrogens with one attached hydrogen (secondary N) is 2. The predicted octanol–water partition coefficient (Wildman–Crippen LogP) is 2.27. The van der Waals surface area contributed by atoms with Crippen LogP contribution < -0.4 is 14.8 Å². The molecular formula is C17H21N3O6S2. The highest BCUT2D eigenvalue weighted by atomic mass is 32.2. The lowest BCUT2D eigenvalue weighted by Gasteiger charge is -2.14. The van der Waals surface area contributed by atoms with Gasteiger partial charge in [-0.05, 0) is 39.0 Å². The van der Waals surface area contributed by atoms with Gasteiger partial charge in [-0.1, -0.05) is 0 Å². The Kier molecular flexibility index (Phi) is 7.11. The summed E-state index contributed by atoms with van der Waals surface area (Å²) >= 11 is 1.05. The molecule has 0 unspecified atom stereocenters. The molecule has 2 rings (SSSR count). The Morgan fingerprint density at radius 1 is 1.29 bits per heavy atom. The maximum atomic E-state index is 12.5. The van der Waals surface area contributed by atoms with Gasteiger partial charge in [-0.25, -0.2) is 22.9 Å². The van der Waals surface area contributed by atoms with Crippen LogP contribution in [0, 0.1) is 0 Å². The smallest absolute Gasteiger partial charge is 0.357 e. The van der Waals surface area contributed by atoms with E-state index < -0.39 is 21.9 Å². The SMILES string of the molecule is CCOC(=O)c1csc(NC(=O)c2ccc(OC)c(S(=O)(=O)NC(C)C)c2)n1. The molecule has 0 bridgehead atoms. The van der Waals surface area contributed by atoms with E-state index >= 15 is 0 Å². The topological polar surface area (TPSA) is 124 Å². The molecule has 11 heteroatoms. The molecule has 1 aromatic heterocycles. The van der Waals surface area contributed by atoms with Crippen molar-refractivity contribution in [1.82, 2.24) is 9.71 Å². The van der Waals surface area contributed by atoms with Crippen molar-refractivity contribution in [3.63, 3.8) is 0 Å². The average molecular weight is 428 g/mol. The number of aromatic nitrogens is 1. The molecule has 0 saturated carbocycles. The number of thiazole rings is 1. The van der Waals surface area contributed by atoms with Crippen LogP contribution in [0.1, 0.15) is 41.6 Å². The number of hydrogen-bond acceptors (Lipinski definition) is 8. The Hall–Kier alpha value is -2.50. The normalized spacial score (nSPS) is 11.3. The van der Waals surface area contributed by atoms with Crippen LogP contribution >= 0.6 is 11.3 Å². The van der Waals surface area contributed by atoms with E-state index in [4.69, 9.17) is 9.47 Å². The van der Waals surface area contributed by atoms with Gasteiger partial charge in [0.2, 0.25) is 10.0 Å². The van der Waals surface area contributed by atoms with E-state index in [1.807, 2.05) is 0 Å². The third-order valence-electron chi connectivity index (χ3n) is 3.32. The lowest BCUT2D eigenvalue weighted by molar-refractivity contribution is 0.0520. The van der Waals surface area contributed by atoms with Gasteiger partial charge in [-0.2, -0.15) is 0 Å². The molecule has 0 spiro atoms. The van der Waals surface area contributed by atoms with Gasteiger partial charge in [0.1, 0.15) is 10.6 Å². The Morgan fingerprint density at radius 3 is 2.61 bits per heavy atom. The first-order chi connectivity index (χ1) is 13.2. The molecule has 0 radical (unpaired) electrons. The maximum absolute atomic E-state index is 12.5. The van der Waals surface area contributed by atoms with E-state index in [2.05, 4.69) is 15.0 Å². The number of carbonyl (C=O) groups is 2. The first-order valence-corrected chi connectivity index (χ1v) is 10.7. The first-order valence-electron chi connectivity index (χ1n) is 8.32. The molecule has 0 aliphatic heterocycles. The number of anilines is 1. The van der Waals surface area contributed by atoms with Gasteiger partial charge in [-0.15, -0.1) is 11.3 Å². The number of sulfonamides is 1. The Balaban J connectivity index is 2.27. The van der Waals surface area contributed by atoms with Crippen LogP contribution in [0.3, 0.4) is 0 Å². The van der Waals surface area contributed by atoms with Gasteiger partial charge >= 0.3 is 5.97 Å². The van der Waals surface area contributed by atoms with Gasteiger partial charge in [0, 0.05) is 17.0 Å². The standard InChI is InChI=1S/C17H21N3O6S2/c1-5-26-16(22)12-9-27-17(18-12)19-15(21)11-6-7-13(25-4)14(8-11)28(23,24)20-10(2)3/h6-10,20H,5H2,1-4H3,(H,18,19,21). The Bertz CT molecular complexity index is 969. The van der Waals surface area contributed by atoms with Gasteiger partial charge in [0.05, 0.1) is 13.7 Å². The fourth-order valence-corrected chi connectivity index (χ4v) is 4.32. The van der Waals surface area contributed by atoms with Crippen LogP contribution in [-0.4, -0.2) is 45.0 Å². The third-order valence-corrected chi connectivity index (χ3v) is 5.75. The molecule has 0 aliphatic rings. The summed E-state index contributed by atoms with van der Waals surface area (Å²) in [5, 5.41) is 4.19. The van der Waals surface area contributed by atoms with Crippen LogP contribution in [0.2, 0.25) is 0 Å². The lowest BCUT2D eigenvalue weighted by Crippen LogP contribution is -2.30.